The summed E-state index contributed by atoms with van der Waals surface area (Å²) in [6, 6.07) is 4.06. The van der Waals surface area contributed by atoms with E-state index in [1.165, 1.54) is 0 Å². The first-order valence-electron chi connectivity index (χ1n) is 11.7. The first kappa shape index (κ1) is 24.4. The third-order valence-corrected chi connectivity index (χ3v) is 6.09. The van der Waals surface area contributed by atoms with Gasteiger partial charge < -0.3 is 10.4 Å². The van der Waals surface area contributed by atoms with Crippen molar-refractivity contribution >= 4 is 35.3 Å². The van der Waals surface area contributed by atoms with Crippen LogP contribution in [0.25, 0.3) is 0 Å². The predicted octanol–water partition coefficient (Wildman–Crippen LogP) is 3.10. The van der Waals surface area contributed by atoms with Crippen LogP contribution in [0.4, 0.5) is 5.69 Å². The topological polar surface area (TPSA) is 133 Å². The molecular formula is C24H31N3O6. The third-order valence-electron chi connectivity index (χ3n) is 6.09. The maximum atomic E-state index is 12.8. The van der Waals surface area contributed by atoms with Gasteiger partial charge in [-0.2, -0.15) is 0 Å². The molecule has 1 aromatic carbocycles. The van der Waals surface area contributed by atoms with E-state index >= 15 is 0 Å². The fourth-order valence-electron chi connectivity index (χ4n) is 4.28. The summed E-state index contributed by atoms with van der Waals surface area (Å²) in [5.74, 6) is -2.74. The van der Waals surface area contributed by atoms with Crippen molar-refractivity contribution in [3.05, 3.63) is 29.3 Å². The van der Waals surface area contributed by atoms with Gasteiger partial charge in [-0.25, -0.2) is 0 Å². The Labute approximate surface area is 192 Å². The number of imide groups is 2. The molecule has 1 unspecified atom stereocenters. The summed E-state index contributed by atoms with van der Waals surface area (Å²) in [6.45, 7) is 0.746. The Morgan fingerprint density at radius 3 is 2.24 bits per heavy atom. The Balaban J connectivity index is 1.39. The molecule has 1 fully saturated rings. The van der Waals surface area contributed by atoms with Crippen LogP contribution in [-0.4, -0.2) is 52.2 Å². The van der Waals surface area contributed by atoms with Crippen LogP contribution in [0.15, 0.2) is 18.2 Å². The number of benzene rings is 1. The van der Waals surface area contributed by atoms with Crippen LogP contribution in [0.2, 0.25) is 0 Å². The molecule has 9 heteroatoms. The SMILES string of the molecule is O=C(O)CCCCCCCCCCNc1ccc2c(c1)C(=O)N(C1CCC(=O)NC1=O)C2=O. The molecule has 0 saturated carbocycles. The Hall–Kier alpha value is -3.23. The lowest BCUT2D eigenvalue weighted by atomic mass is 10.0. The van der Waals surface area contributed by atoms with Gasteiger partial charge in [0.1, 0.15) is 6.04 Å². The fraction of sp³-hybridized carbons (Fsp3) is 0.542. The van der Waals surface area contributed by atoms with E-state index in [0.717, 1.165) is 68.5 Å². The molecule has 1 saturated heterocycles. The molecule has 1 aromatic rings. The summed E-state index contributed by atoms with van der Waals surface area (Å²) < 4.78 is 0. The zero-order chi connectivity index (χ0) is 23.8. The number of hydrogen-bond donors (Lipinski definition) is 3. The van der Waals surface area contributed by atoms with Gasteiger partial charge in [-0.1, -0.05) is 38.5 Å². The van der Waals surface area contributed by atoms with Crippen molar-refractivity contribution in [2.75, 3.05) is 11.9 Å². The number of carbonyl (C=O) groups excluding carboxylic acids is 4. The van der Waals surface area contributed by atoms with E-state index in [1.807, 2.05) is 0 Å². The maximum absolute atomic E-state index is 12.8. The molecule has 1 atom stereocenters. The minimum absolute atomic E-state index is 0.0986. The molecule has 0 spiro atoms. The number of piperidine rings is 1. The van der Waals surface area contributed by atoms with Crippen LogP contribution in [0.1, 0.15) is 91.3 Å². The zero-order valence-corrected chi connectivity index (χ0v) is 18.7. The molecule has 2 aliphatic rings. The van der Waals surface area contributed by atoms with Crippen molar-refractivity contribution in [3.8, 4) is 0 Å². The number of carbonyl (C=O) groups is 5. The van der Waals surface area contributed by atoms with Crippen LogP contribution in [-0.2, 0) is 14.4 Å². The number of nitrogens with one attached hydrogen (secondary N) is 2. The number of anilines is 1. The fourth-order valence-corrected chi connectivity index (χ4v) is 4.28. The van der Waals surface area contributed by atoms with Gasteiger partial charge in [0.15, 0.2) is 0 Å². The van der Waals surface area contributed by atoms with Gasteiger partial charge in [0.05, 0.1) is 11.1 Å². The maximum Gasteiger partial charge on any atom is 0.303 e. The average molecular weight is 458 g/mol. The molecule has 9 nitrogen and oxygen atoms in total. The molecule has 4 amide bonds. The normalized spacial score (nSPS) is 17.8. The van der Waals surface area contributed by atoms with Crippen molar-refractivity contribution in [1.29, 1.82) is 0 Å². The Morgan fingerprint density at radius 1 is 0.939 bits per heavy atom. The highest BCUT2D eigenvalue weighted by Gasteiger charge is 2.44. The number of hydrogen-bond acceptors (Lipinski definition) is 6. The molecule has 2 aliphatic heterocycles. The molecule has 0 bridgehead atoms. The number of unbranched alkanes of at least 4 members (excludes halogenated alkanes) is 7. The van der Waals surface area contributed by atoms with E-state index in [4.69, 9.17) is 5.11 Å². The summed E-state index contributed by atoms with van der Waals surface area (Å²) in [4.78, 5) is 60.5. The summed E-state index contributed by atoms with van der Waals surface area (Å²) in [7, 11) is 0. The molecule has 3 rings (SSSR count). The van der Waals surface area contributed by atoms with Crippen molar-refractivity contribution in [2.24, 2.45) is 0 Å². The standard InChI is InChI=1S/C24H31N3O6/c28-20-13-12-19(22(31)26-20)27-23(32)17-11-10-16(15-18(17)24(27)33)25-14-8-6-4-2-1-3-5-7-9-21(29)30/h10-11,15,19,25H,1-9,12-14H2,(H,29,30)(H,26,28,31). The minimum atomic E-state index is -0.955. The molecule has 0 aromatic heterocycles. The van der Waals surface area contributed by atoms with Crippen LogP contribution in [0.3, 0.4) is 0 Å². The van der Waals surface area contributed by atoms with Gasteiger partial charge in [-0.05, 0) is 37.5 Å². The van der Waals surface area contributed by atoms with Crippen LogP contribution in [0, 0.1) is 0 Å². The number of rotatable bonds is 13. The largest absolute Gasteiger partial charge is 0.481 e. The molecule has 33 heavy (non-hydrogen) atoms. The third kappa shape index (κ3) is 6.40. The van der Waals surface area contributed by atoms with E-state index in [1.54, 1.807) is 18.2 Å². The average Bonchev–Trinajstić information content (AvgIpc) is 3.02. The molecule has 178 valence electrons. The first-order valence-corrected chi connectivity index (χ1v) is 11.7. The summed E-state index contributed by atoms with van der Waals surface area (Å²) in [5.41, 5.74) is 1.30. The molecule has 3 N–H and O–H groups in total. The lowest BCUT2D eigenvalue weighted by Gasteiger charge is -2.27. The number of aliphatic carboxylic acids is 1. The number of fused-ring (bicyclic) bond motifs is 1. The van der Waals surface area contributed by atoms with Gasteiger partial charge in [0.2, 0.25) is 11.8 Å². The zero-order valence-electron chi connectivity index (χ0n) is 18.7. The number of carboxylic acid groups (broad SMARTS) is 1. The van der Waals surface area contributed by atoms with Crippen LogP contribution < -0.4 is 10.6 Å². The highest BCUT2D eigenvalue weighted by Crippen LogP contribution is 2.29. The second-order valence-electron chi connectivity index (χ2n) is 8.61. The van der Waals surface area contributed by atoms with Crippen molar-refractivity contribution in [1.82, 2.24) is 10.2 Å². The number of nitrogens with zero attached hydrogens (tertiary/aromatic N) is 1. The molecule has 0 aliphatic carbocycles. The van der Waals surface area contributed by atoms with Gasteiger partial charge in [0.25, 0.3) is 11.8 Å². The van der Waals surface area contributed by atoms with E-state index in [2.05, 4.69) is 10.6 Å². The molecular weight excluding hydrogens is 426 g/mol. The predicted molar refractivity (Wildman–Crippen MR) is 121 cm³/mol. The highest BCUT2D eigenvalue weighted by atomic mass is 16.4. The smallest absolute Gasteiger partial charge is 0.303 e. The van der Waals surface area contributed by atoms with Gasteiger partial charge in [-0.15, -0.1) is 0 Å². The summed E-state index contributed by atoms with van der Waals surface area (Å²) >= 11 is 0. The molecule has 2 heterocycles. The van der Waals surface area contributed by atoms with E-state index in [0.29, 0.717) is 0 Å². The monoisotopic (exact) mass is 457 g/mol. The highest BCUT2D eigenvalue weighted by molar-refractivity contribution is 6.23. The first-order chi connectivity index (χ1) is 15.9. The Kier molecular flexibility index (Phi) is 8.57. The van der Waals surface area contributed by atoms with Crippen molar-refractivity contribution < 1.29 is 29.1 Å². The van der Waals surface area contributed by atoms with E-state index < -0.39 is 35.6 Å². The second-order valence-corrected chi connectivity index (χ2v) is 8.61. The van der Waals surface area contributed by atoms with Crippen molar-refractivity contribution in [2.45, 2.75) is 76.7 Å². The Morgan fingerprint density at radius 2 is 1.58 bits per heavy atom. The van der Waals surface area contributed by atoms with Gasteiger partial charge in [0, 0.05) is 25.1 Å². The second kappa shape index (κ2) is 11.6. The number of amides is 4. The van der Waals surface area contributed by atoms with Crippen LogP contribution in [0.5, 0.6) is 0 Å². The van der Waals surface area contributed by atoms with Crippen LogP contribution >= 0.6 is 0 Å². The Bertz CT molecular complexity index is 929. The number of carboxylic acids is 1. The van der Waals surface area contributed by atoms with E-state index in [9.17, 15) is 24.0 Å². The quantitative estimate of drug-likeness (QED) is 0.306. The summed E-state index contributed by atoms with van der Waals surface area (Å²) in [6.07, 6.45) is 8.72. The lowest BCUT2D eigenvalue weighted by molar-refractivity contribution is -0.138. The van der Waals surface area contributed by atoms with Crippen molar-refractivity contribution in [3.63, 3.8) is 0 Å². The van der Waals surface area contributed by atoms with E-state index in [-0.39, 0.29) is 30.4 Å². The molecule has 0 radical (unpaired) electrons. The van der Waals surface area contributed by atoms with Gasteiger partial charge >= 0.3 is 5.97 Å². The van der Waals surface area contributed by atoms with Gasteiger partial charge in [-0.3, -0.25) is 34.2 Å². The summed E-state index contributed by atoms with van der Waals surface area (Å²) in [5, 5.41) is 14.1. The minimum Gasteiger partial charge on any atom is -0.481 e. The lowest BCUT2D eigenvalue weighted by Crippen LogP contribution is -2.54.